The summed E-state index contributed by atoms with van der Waals surface area (Å²) in [6.07, 6.45) is 3.82. The zero-order chi connectivity index (χ0) is 16.8. The van der Waals surface area contributed by atoms with E-state index in [-0.39, 0.29) is 12.1 Å². The second-order valence-electron chi connectivity index (χ2n) is 7.00. The van der Waals surface area contributed by atoms with Crippen LogP contribution in [0.5, 0.6) is 0 Å². The molecule has 2 aliphatic rings. The molecule has 1 N–H and O–H groups in total. The molecule has 3 rings (SSSR count). The lowest BCUT2D eigenvalue weighted by Crippen LogP contribution is -2.47. The second kappa shape index (κ2) is 8.49. The molecular weight excluding hydrogens is 302 g/mol. The van der Waals surface area contributed by atoms with Crippen LogP contribution >= 0.6 is 0 Å². The normalized spacial score (nSPS) is 20.2. The van der Waals surface area contributed by atoms with Gasteiger partial charge < -0.3 is 15.0 Å². The molecule has 1 aliphatic carbocycles. The fraction of sp³-hybridized carbons (Fsp3) is 0.632. The van der Waals surface area contributed by atoms with Crippen molar-refractivity contribution in [1.82, 2.24) is 15.1 Å². The predicted octanol–water partition coefficient (Wildman–Crippen LogP) is 2.50. The standard InChI is InChI=1S/C19H29N3O2/c1-21(14-16-6-5-7-16)19(23)20-18(17-8-3-2-4-9-17)15-22-10-12-24-13-11-22/h2-4,8-9,16,18H,5-7,10-15H2,1H3,(H,20,23)/t18-/m0/s1. The highest BCUT2D eigenvalue weighted by Crippen LogP contribution is 2.26. The third kappa shape index (κ3) is 4.71. The van der Waals surface area contributed by atoms with Crippen molar-refractivity contribution in [3.8, 4) is 0 Å². The third-order valence-electron chi connectivity index (χ3n) is 5.15. The molecular formula is C19H29N3O2. The summed E-state index contributed by atoms with van der Waals surface area (Å²) in [5.74, 6) is 0.690. The number of ether oxygens (including phenoxy) is 1. The van der Waals surface area contributed by atoms with Gasteiger partial charge in [0.2, 0.25) is 0 Å². The molecule has 24 heavy (non-hydrogen) atoms. The second-order valence-corrected chi connectivity index (χ2v) is 7.00. The van der Waals surface area contributed by atoms with Crippen molar-refractivity contribution in [3.05, 3.63) is 35.9 Å². The molecule has 0 aromatic heterocycles. The number of rotatable bonds is 6. The number of hydrogen-bond donors (Lipinski definition) is 1. The van der Waals surface area contributed by atoms with Crippen LogP contribution in [-0.4, -0.2) is 62.3 Å². The summed E-state index contributed by atoms with van der Waals surface area (Å²) in [6.45, 7) is 5.10. The van der Waals surface area contributed by atoms with Crippen LogP contribution in [0.3, 0.4) is 0 Å². The maximum absolute atomic E-state index is 12.6. The van der Waals surface area contributed by atoms with Gasteiger partial charge in [-0.05, 0) is 24.3 Å². The summed E-state index contributed by atoms with van der Waals surface area (Å²) in [7, 11) is 1.91. The fourth-order valence-corrected chi connectivity index (χ4v) is 3.37. The van der Waals surface area contributed by atoms with Crippen molar-refractivity contribution < 1.29 is 9.53 Å². The minimum absolute atomic E-state index is 0.0145. The highest BCUT2D eigenvalue weighted by atomic mass is 16.5. The van der Waals surface area contributed by atoms with Gasteiger partial charge in [-0.3, -0.25) is 4.90 Å². The summed E-state index contributed by atoms with van der Waals surface area (Å²) < 4.78 is 5.43. The molecule has 5 heteroatoms. The highest BCUT2D eigenvalue weighted by Gasteiger charge is 2.24. The smallest absolute Gasteiger partial charge is 0.317 e. The van der Waals surface area contributed by atoms with Gasteiger partial charge in [-0.2, -0.15) is 0 Å². The minimum atomic E-state index is 0.0145. The average Bonchev–Trinajstić information content (AvgIpc) is 2.59. The average molecular weight is 331 g/mol. The number of carbonyl (C=O) groups is 1. The van der Waals surface area contributed by atoms with Crippen LogP contribution in [0.15, 0.2) is 30.3 Å². The molecule has 1 heterocycles. The lowest BCUT2D eigenvalue weighted by Gasteiger charge is -2.33. The van der Waals surface area contributed by atoms with Crippen LogP contribution < -0.4 is 5.32 Å². The number of carbonyl (C=O) groups excluding carboxylic acids is 1. The minimum Gasteiger partial charge on any atom is -0.379 e. The van der Waals surface area contributed by atoms with E-state index < -0.39 is 0 Å². The molecule has 132 valence electrons. The van der Waals surface area contributed by atoms with E-state index in [0.717, 1.165) is 45.0 Å². The predicted molar refractivity (Wildman–Crippen MR) is 94.9 cm³/mol. The number of morpholine rings is 1. The first kappa shape index (κ1) is 17.2. The largest absolute Gasteiger partial charge is 0.379 e. The van der Waals surface area contributed by atoms with Crippen LogP contribution in [0.2, 0.25) is 0 Å². The van der Waals surface area contributed by atoms with Gasteiger partial charge in [0, 0.05) is 33.2 Å². The first-order valence-corrected chi connectivity index (χ1v) is 9.09. The molecule has 0 radical (unpaired) electrons. The molecule has 1 aliphatic heterocycles. The molecule has 2 amide bonds. The van der Waals surface area contributed by atoms with Crippen molar-refractivity contribution >= 4 is 6.03 Å². The maximum atomic E-state index is 12.6. The van der Waals surface area contributed by atoms with E-state index in [1.165, 1.54) is 19.3 Å². The van der Waals surface area contributed by atoms with E-state index in [1.807, 2.05) is 30.1 Å². The molecule has 0 unspecified atom stereocenters. The van der Waals surface area contributed by atoms with Crippen molar-refractivity contribution in [1.29, 1.82) is 0 Å². The number of amides is 2. The van der Waals surface area contributed by atoms with Crippen LogP contribution in [0.25, 0.3) is 0 Å². The maximum Gasteiger partial charge on any atom is 0.317 e. The zero-order valence-corrected chi connectivity index (χ0v) is 14.6. The molecule has 0 spiro atoms. The Morgan fingerprint density at radius 2 is 2.00 bits per heavy atom. The van der Waals surface area contributed by atoms with Crippen molar-refractivity contribution in [2.75, 3.05) is 46.4 Å². The quantitative estimate of drug-likeness (QED) is 0.871. The zero-order valence-electron chi connectivity index (χ0n) is 14.6. The van der Waals surface area contributed by atoms with Gasteiger partial charge >= 0.3 is 6.03 Å². The SMILES string of the molecule is CN(CC1CCC1)C(=O)N[C@@H](CN1CCOCC1)c1ccccc1. The molecule has 1 aromatic carbocycles. The van der Waals surface area contributed by atoms with Crippen molar-refractivity contribution in [2.24, 2.45) is 5.92 Å². The Morgan fingerprint density at radius 1 is 1.29 bits per heavy atom. The van der Waals surface area contributed by atoms with Crippen LogP contribution in [0.4, 0.5) is 4.79 Å². The van der Waals surface area contributed by atoms with Gasteiger partial charge in [0.05, 0.1) is 19.3 Å². The summed E-state index contributed by atoms with van der Waals surface area (Å²) in [5.41, 5.74) is 1.16. The molecule has 1 aromatic rings. The summed E-state index contributed by atoms with van der Waals surface area (Å²) in [4.78, 5) is 16.8. The fourth-order valence-electron chi connectivity index (χ4n) is 3.37. The van der Waals surface area contributed by atoms with E-state index in [2.05, 4.69) is 22.3 Å². The van der Waals surface area contributed by atoms with E-state index in [4.69, 9.17) is 4.74 Å². The Balaban J connectivity index is 1.61. The Labute approximate surface area is 145 Å². The van der Waals surface area contributed by atoms with E-state index >= 15 is 0 Å². The molecule has 1 saturated carbocycles. The molecule has 1 saturated heterocycles. The topological polar surface area (TPSA) is 44.8 Å². The monoisotopic (exact) mass is 331 g/mol. The van der Waals surface area contributed by atoms with Crippen molar-refractivity contribution in [2.45, 2.75) is 25.3 Å². The van der Waals surface area contributed by atoms with Gasteiger partial charge in [0.15, 0.2) is 0 Å². The molecule has 0 bridgehead atoms. The lowest BCUT2D eigenvalue weighted by molar-refractivity contribution is 0.0337. The first-order chi connectivity index (χ1) is 11.7. The van der Waals surface area contributed by atoms with Gasteiger partial charge in [-0.25, -0.2) is 4.79 Å². The van der Waals surface area contributed by atoms with Gasteiger partial charge in [0.1, 0.15) is 0 Å². The van der Waals surface area contributed by atoms with Gasteiger partial charge in [-0.1, -0.05) is 36.8 Å². The van der Waals surface area contributed by atoms with Crippen LogP contribution in [0.1, 0.15) is 30.9 Å². The lowest BCUT2D eigenvalue weighted by atomic mass is 9.85. The summed E-state index contributed by atoms with van der Waals surface area (Å²) in [6, 6.07) is 10.3. The Morgan fingerprint density at radius 3 is 2.62 bits per heavy atom. The Kier molecular flexibility index (Phi) is 6.10. The van der Waals surface area contributed by atoms with Crippen molar-refractivity contribution in [3.63, 3.8) is 0 Å². The van der Waals surface area contributed by atoms with Gasteiger partial charge in [-0.15, -0.1) is 0 Å². The molecule has 1 atom stereocenters. The first-order valence-electron chi connectivity index (χ1n) is 9.09. The Bertz CT molecular complexity index is 513. The number of urea groups is 1. The van der Waals surface area contributed by atoms with Crippen LogP contribution in [-0.2, 0) is 4.74 Å². The molecule has 5 nitrogen and oxygen atoms in total. The third-order valence-corrected chi connectivity index (χ3v) is 5.15. The van der Waals surface area contributed by atoms with E-state index in [0.29, 0.717) is 5.92 Å². The number of nitrogens with zero attached hydrogens (tertiary/aromatic N) is 2. The number of nitrogens with one attached hydrogen (secondary N) is 1. The van der Waals surface area contributed by atoms with Crippen LogP contribution in [0, 0.1) is 5.92 Å². The Hall–Kier alpha value is -1.59. The molecule has 2 fully saturated rings. The highest BCUT2D eigenvalue weighted by molar-refractivity contribution is 5.74. The summed E-state index contributed by atoms with van der Waals surface area (Å²) in [5, 5.41) is 3.24. The number of benzene rings is 1. The van der Waals surface area contributed by atoms with E-state index in [9.17, 15) is 4.79 Å². The van der Waals surface area contributed by atoms with E-state index in [1.54, 1.807) is 0 Å². The summed E-state index contributed by atoms with van der Waals surface area (Å²) >= 11 is 0. The number of hydrogen-bond acceptors (Lipinski definition) is 3. The van der Waals surface area contributed by atoms with Gasteiger partial charge in [0.25, 0.3) is 0 Å².